The number of para-hydroxylation sites is 1. The average Bonchev–Trinajstić information content (AvgIpc) is 2.96. The van der Waals surface area contributed by atoms with Crippen LogP contribution in [0.15, 0.2) is 36.4 Å². The fourth-order valence-corrected chi connectivity index (χ4v) is 3.48. The molecular weight excluding hydrogens is 304 g/mol. The quantitative estimate of drug-likeness (QED) is 0.921. The van der Waals surface area contributed by atoms with Gasteiger partial charge in [0.25, 0.3) is 5.91 Å². The summed E-state index contributed by atoms with van der Waals surface area (Å²) in [6.07, 6.45) is 0.744. The summed E-state index contributed by atoms with van der Waals surface area (Å²) in [5, 5.41) is 3.44. The van der Waals surface area contributed by atoms with Crippen LogP contribution < -0.4 is 14.8 Å². The number of fused-ring (bicyclic) bond motifs is 2. The lowest BCUT2D eigenvalue weighted by Crippen LogP contribution is -2.40. The number of amides is 1. The third-order valence-corrected chi connectivity index (χ3v) is 4.70. The molecule has 2 aliphatic rings. The summed E-state index contributed by atoms with van der Waals surface area (Å²) in [5.74, 6) is 1.63. The normalized spacial score (nSPS) is 21.6. The standard InChI is InChI=1S/C19H20N2O3/c1-11-8-12-9-17(23-3)14(10-16(12)24-11)18-20-15-7-5-4-6-13(15)19(22)21(18)2/h4-7,9-11,18,20H,8H2,1-3H3/t11-,18+/m1/s1. The number of nitrogens with one attached hydrogen (secondary N) is 1. The first-order valence-corrected chi connectivity index (χ1v) is 8.08. The lowest BCUT2D eigenvalue weighted by atomic mass is 10.0. The van der Waals surface area contributed by atoms with Gasteiger partial charge in [-0.2, -0.15) is 0 Å². The van der Waals surface area contributed by atoms with E-state index in [9.17, 15) is 4.79 Å². The maximum Gasteiger partial charge on any atom is 0.257 e. The fraction of sp³-hybridized carbons (Fsp3) is 0.316. The molecule has 5 heteroatoms. The van der Waals surface area contributed by atoms with Crippen LogP contribution in [0.5, 0.6) is 11.5 Å². The van der Waals surface area contributed by atoms with E-state index in [0.29, 0.717) is 5.56 Å². The van der Waals surface area contributed by atoms with E-state index in [2.05, 4.69) is 12.2 Å². The van der Waals surface area contributed by atoms with Crippen LogP contribution in [0.25, 0.3) is 0 Å². The number of hydrogen-bond donors (Lipinski definition) is 1. The Morgan fingerprint density at radius 2 is 2.08 bits per heavy atom. The minimum atomic E-state index is -0.299. The SMILES string of the molecule is COc1cc2c(cc1[C@H]1Nc3ccccc3C(=O)N1C)O[C@H](C)C2. The Morgan fingerprint density at radius 1 is 1.29 bits per heavy atom. The summed E-state index contributed by atoms with van der Waals surface area (Å²) in [4.78, 5) is 14.4. The van der Waals surface area contributed by atoms with Gasteiger partial charge in [0, 0.05) is 30.3 Å². The van der Waals surface area contributed by atoms with E-state index in [-0.39, 0.29) is 18.2 Å². The van der Waals surface area contributed by atoms with Crippen molar-refractivity contribution in [3.05, 3.63) is 53.1 Å². The highest BCUT2D eigenvalue weighted by atomic mass is 16.5. The van der Waals surface area contributed by atoms with E-state index in [0.717, 1.165) is 34.7 Å². The second-order valence-electron chi connectivity index (χ2n) is 6.34. The van der Waals surface area contributed by atoms with Gasteiger partial charge in [-0.05, 0) is 31.2 Å². The van der Waals surface area contributed by atoms with Crippen LogP contribution in [0, 0.1) is 0 Å². The predicted molar refractivity (Wildman–Crippen MR) is 91.7 cm³/mol. The molecule has 0 fully saturated rings. The van der Waals surface area contributed by atoms with Crippen molar-refractivity contribution < 1.29 is 14.3 Å². The Hall–Kier alpha value is -2.69. The third kappa shape index (κ3) is 2.19. The maximum absolute atomic E-state index is 12.7. The predicted octanol–water partition coefficient (Wildman–Crippen LogP) is 3.21. The lowest BCUT2D eigenvalue weighted by molar-refractivity contribution is 0.0733. The first kappa shape index (κ1) is 14.9. The molecule has 24 heavy (non-hydrogen) atoms. The molecule has 0 saturated heterocycles. The summed E-state index contributed by atoms with van der Waals surface area (Å²) < 4.78 is 11.5. The molecule has 2 aromatic rings. The minimum absolute atomic E-state index is 0.00816. The maximum atomic E-state index is 12.7. The molecule has 0 aliphatic carbocycles. The zero-order valence-corrected chi connectivity index (χ0v) is 14.0. The molecule has 5 nitrogen and oxygen atoms in total. The van der Waals surface area contributed by atoms with Gasteiger partial charge >= 0.3 is 0 Å². The number of nitrogens with zero attached hydrogens (tertiary/aromatic N) is 1. The monoisotopic (exact) mass is 324 g/mol. The van der Waals surface area contributed by atoms with Crippen molar-refractivity contribution in [3.63, 3.8) is 0 Å². The molecule has 0 bridgehead atoms. The first-order chi connectivity index (χ1) is 11.6. The zero-order chi connectivity index (χ0) is 16.8. The summed E-state index contributed by atoms with van der Waals surface area (Å²) in [6.45, 7) is 2.05. The average molecular weight is 324 g/mol. The molecule has 2 heterocycles. The van der Waals surface area contributed by atoms with Crippen LogP contribution in [-0.4, -0.2) is 31.1 Å². The number of methoxy groups -OCH3 is 1. The molecule has 1 N–H and O–H groups in total. The molecule has 124 valence electrons. The van der Waals surface area contributed by atoms with Crippen LogP contribution in [0.1, 0.15) is 34.6 Å². The van der Waals surface area contributed by atoms with E-state index in [4.69, 9.17) is 9.47 Å². The molecule has 0 spiro atoms. The molecule has 4 rings (SSSR count). The molecule has 2 aliphatic heterocycles. The molecule has 0 unspecified atom stereocenters. The molecule has 0 radical (unpaired) electrons. The van der Waals surface area contributed by atoms with Gasteiger partial charge in [0.1, 0.15) is 23.8 Å². The summed E-state index contributed by atoms with van der Waals surface area (Å²) in [5.41, 5.74) is 3.56. The third-order valence-electron chi connectivity index (χ3n) is 4.70. The topological polar surface area (TPSA) is 50.8 Å². The van der Waals surface area contributed by atoms with Crippen LogP contribution in [0.2, 0.25) is 0 Å². The number of rotatable bonds is 2. The number of carbonyl (C=O) groups excluding carboxylic acids is 1. The number of anilines is 1. The summed E-state index contributed by atoms with van der Waals surface area (Å²) >= 11 is 0. The van der Waals surface area contributed by atoms with Crippen LogP contribution in [-0.2, 0) is 6.42 Å². The Kier molecular flexibility index (Phi) is 3.37. The Bertz CT molecular complexity index is 818. The highest BCUT2D eigenvalue weighted by Gasteiger charge is 2.33. The van der Waals surface area contributed by atoms with E-state index in [1.807, 2.05) is 36.4 Å². The molecular formula is C19H20N2O3. The smallest absolute Gasteiger partial charge is 0.257 e. The second-order valence-corrected chi connectivity index (χ2v) is 6.34. The lowest BCUT2D eigenvalue weighted by Gasteiger charge is -2.36. The second kappa shape index (κ2) is 5.44. The van der Waals surface area contributed by atoms with E-state index in [1.165, 1.54) is 0 Å². The van der Waals surface area contributed by atoms with Crippen LogP contribution in [0.4, 0.5) is 5.69 Å². The molecule has 2 atom stereocenters. The van der Waals surface area contributed by atoms with Crippen molar-refractivity contribution in [1.29, 1.82) is 0 Å². The first-order valence-electron chi connectivity index (χ1n) is 8.08. The minimum Gasteiger partial charge on any atom is -0.496 e. The van der Waals surface area contributed by atoms with Gasteiger partial charge in [0.2, 0.25) is 0 Å². The Morgan fingerprint density at radius 3 is 2.88 bits per heavy atom. The van der Waals surface area contributed by atoms with Crippen molar-refractivity contribution in [2.75, 3.05) is 19.5 Å². The number of ether oxygens (including phenoxy) is 2. The van der Waals surface area contributed by atoms with Crippen molar-refractivity contribution in [2.24, 2.45) is 0 Å². The van der Waals surface area contributed by atoms with Crippen molar-refractivity contribution in [1.82, 2.24) is 4.90 Å². The molecule has 1 amide bonds. The Labute approximate surface area is 141 Å². The van der Waals surface area contributed by atoms with Gasteiger partial charge in [0.15, 0.2) is 0 Å². The number of carbonyl (C=O) groups is 1. The zero-order valence-electron chi connectivity index (χ0n) is 14.0. The highest BCUT2D eigenvalue weighted by molar-refractivity contribution is 6.01. The summed E-state index contributed by atoms with van der Waals surface area (Å²) in [7, 11) is 3.45. The molecule has 0 saturated carbocycles. The van der Waals surface area contributed by atoms with Gasteiger partial charge in [-0.25, -0.2) is 0 Å². The van der Waals surface area contributed by atoms with Crippen molar-refractivity contribution >= 4 is 11.6 Å². The van der Waals surface area contributed by atoms with Gasteiger partial charge in [-0.3, -0.25) is 4.79 Å². The summed E-state index contributed by atoms with van der Waals surface area (Å²) in [6, 6.07) is 11.6. The van der Waals surface area contributed by atoms with Gasteiger partial charge in [0.05, 0.1) is 12.7 Å². The molecule has 2 aromatic carbocycles. The van der Waals surface area contributed by atoms with Crippen LogP contribution in [0.3, 0.4) is 0 Å². The number of benzene rings is 2. The fourth-order valence-electron chi connectivity index (χ4n) is 3.48. The van der Waals surface area contributed by atoms with E-state index < -0.39 is 0 Å². The van der Waals surface area contributed by atoms with Gasteiger partial charge in [-0.15, -0.1) is 0 Å². The van der Waals surface area contributed by atoms with Gasteiger partial charge < -0.3 is 19.7 Å². The van der Waals surface area contributed by atoms with E-state index >= 15 is 0 Å². The Balaban J connectivity index is 1.79. The largest absolute Gasteiger partial charge is 0.496 e. The van der Waals surface area contributed by atoms with Gasteiger partial charge in [-0.1, -0.05) is 12.1 Å². The van der Waals surface area contributed by atoms with E-state index in [1.54, 1.807) is 19.1 Å². The molecule has 0 aromatic heterocycles. The van der Waals surface area contributed by atoms with Crippen molar-refractivity contribution in [3.8, 4) is 11.5 Å². The number of hydrogen-bond acceptors (Lipinski definition) is 4. The van der Waals surface area contributed by atoms with Crippen LogP contribution >= 0.6 is 0 Å². The van der Waals surface area contributed by atoms with Crippen molar-refractivity contribution in [2.45, 2.75) is 25.6 Å². The highest BCUT2D eigenvalue weighted by Crippen LogP contribution is 2.41.